The molecule has 0 aromatic heterocycles. The minimum Gasteiger partial charge on any atom is -0.399 e. The highest BCUT2D eigenvalue weighted by molar-refractivity contribution is 6.40. The molecule has 4 nitrogen and oxygen atoms in total. The van der Waals surface area contributed by atoms with Gasteiger partial charge in [-0.2, -0.15) is 0 Å². The highest BCUT2D eigenvalue weighted by Gasteiger charge is 2.16. The van der Waals surface area contributed by atoms with Gasteiger partial charge in [-0.25, -0.2) is 0 Å². The van der Waals surface area contributed by atoms with Crippen molar-refractivity contribution < 1.29 is 0 Å². The van der Waals surface area contributed by atoms with Crippen molar-refractivity contribution in [2.24, 2.45) is 0 Å². The van der Waals surface area contributed by atoms with Crippen molar-refractivity contribution in [1.29, 1.82) is 0 Å². The maximum Gasteiger partial charge on any atom is 0.0320 e. The zero-order chi connectivity index (χ0) is 20.6. The van der Waals surface area contributed by atoms with E-state index in [1.54, 1.807) is 0 Å². The Morgan fingerprint density at radius 1 is 0.300 bits per heavy atom. The van der Waals surface area contributed by atoms with Gasteiger partial charge in [-0.3, -0.25) is 0 Å². The van der Waals surface area contributed by atoms with Crippen LogP contribution in [0.3, 0.4) is 0 Å². The lowest BCUT2D eigenvalue weighted by Crippen LogP contribution is -1.93. The van der Waals surface area contributed by atoms with Crippen LogP contribution in [-0.2, 0) is 0 Å². The van der Waals surface area contributed by atoms with Crippen molar-refractivity contribution in [2.75, 3.05) is 22.9 Å². The molecule has 0 saturated carbocycles. The molecule has 6 aromatic carbocycles. The van der Waals surface area contributed by atoms with Crippen LogP contribution >= 0.6 is 0 Å². The van der Waals surface area contributed by atoms with E-state index in [0.29, 0.717) is 0 Å². The molecule has 0 aliphatic rings. The lowest BCUT2D eigenvalue weighted by molar-refractivity contribution is 1.74. The summed E-state index contributed by atoms with van der Waals surface area (Å²) >= 11 is 0. The fourth-order valence-electron chi connectivity index (χ4n) is 4.84. The van der Waals surface area contributed by atoms with Gasteiger partial charge in [0, 0.05) is 22.7 Å². The van der Waals surface area contributed by atoms with E-state index < -0.39 is 0 Å². The molecule has 0 atom stereocenters. The molecule has 6 aromatic rings. The Kier molecular flexibility index (Phi) is 3.17. The number of benzene rings is 6. The maximum atomic E-state index is 6.18. The van der Waals surface area contributed by atoms with E-state index in [-0.39, 0.29) is 0 Å². The molecule has 6 rings (SSSR count). The minimum atomic E-state index is 0.729. The van der Waals surface area contributed by atoms with Crippen molar-refractivity contribution in [2.45, 2.75) is 0 Å². The molecular weight excluding hydrogens is 368 g/mol. The first-order valence-corrected chi connectivity index (χ1v) is 9.86. The second-order valence-electron chi connectivity index (χ2n) is 7.97. The van der Waals surface area contributed by atoms with Crippen LogP contribution in [-0.4, -0.2) is 0 Å². The summed E-state index contributed by atoms with van der Waals surface area (Å²) in [7, 11) is 0. The topological polar surface area (TPSA) is 104 Å². The Labute approximate surface area is 172 Å². The van der Waals surface area contributed by atoms with E-state index in [1.807, 2.05) is 48.5 Å². The molecule has 0 aliphatic carbocycles. The molecule has 0 unspecified atom stereocenters. The first-order chi connectivity index (χ1) is 14.5. The van der Waals surface area contributed by atoms with E-state index in [0.717, 1.165) is 65.8 Å². The smallest absolute Gasteiger partial charge is 0.0320 e. The van der Waals surface area contributed by atoms with Gasteiger partial charge in [0.1, 0.15) is 0 Å². The van der Waals surface area contributed by atoms with Gasteiger partial charge in [0.2, 0.25) is 0 Å². The third-order valence-corrected chi connectivity index (χ3v) is 6.08. The zero-order valence-corrected chi connectivity index (χ0v) is 16.2. The molecular formula is C26H20N4. The molecule has 0 aliphatic heterocycles. The molecule has 30 heavy (non-hydrogen) atoms. The van der Waals surface area contributed by atoms with Crippen LogP contribution < -0.4 is 22.9 Å². The third-order valence-electron chi connectivity index (χ3n) is 6.08. The summed E-state index contributed by atoms with van der Waals surface area (Å²) in [6.45, 7) is 0. The first-order valence-electron chi connectivity index (χ1n) is 9.86. The molecule has 144 valence electrons. The van der Waals surface area contributed by atoms with Crippen LogP contribution in [0.25, 0.3) is 53.9 Å². The second-order valence-corrected chi connectivity index (χ2v) is 7.97. The summed E-state index contributed by atoms with van der Waals surface area (Å²) in [6.07, 6.45) is 0. The van der Waals surface area contributed by atoms with E-state index in [1.165, 1.54) is 10.8 Å². The summed E-state index contributed by atoms with van der Waals surface area (Å²) in [4.78, 5) is 0. The zero-order valence-electron chi connectivity index (χ0n) is 16.2. The van der Waals surface area contributed by atoms with E-state index in [2.05, 4.69) is 24.3 Å². The van der Waals surface area contributed by atoms with Gasteiger partial charge < -0.3 is 22.9 Å². The Morgan fingerprint density at radius 3 is 0.767 bits per heavy atom. The molecule has 0 bridgehead atoms. The average molecular weight is 388 g/mol. The van der Waals surface area contributed by atoms with E-state index >= 15 is 0 Å². The monoisotopic (exact) mass is 388 g/mol. The molecule has 0 fully saturated rings. The molecule has 4 heteroatoms. The number of hydrogen-bond donors (Lipinski definition) is 4. The number of fused-ring (bicyclic) bond motifs is 11. The van der Waals surface area contributed by atoms with Gasteiger partial charge in [0.15, 0.2) is 0 Å². The van der Waals surface area contributed by atoms with E-state index in [4.69, 9.17) is 22.9 Å². The first kappa shape index (κ1) is 16.7. The highest BCUT2D eigenvalue weighted by Crippen LogP contribution is 2.45. The fourth-order valence-corrected chi connectivity index (χ4v) is 4.84. The summed E-state index contributed by atoms with van der Waals surface area (Å²) < 4.78 is 0. The summed E-state index contributed by atoms with van der Waals surface area (Å²) in [5.41, 5.74) is 27.6. The van der Waals surface area contributed by atoms with Crippen LogP contribution in [0.5, 0.6) is 0 Å². The predicted molar refractivity (Wildman–Crippen MR) is 132 cm³/mol. The van der Waals surface area contributed by atoms with Crippen LogP contribution in [0.15, 0.2) is 72.8 Å². The second kappa shape index (κ2) is 5.67. The summed E-state index contributed by atoms with van der Waals surface area (Å²) in [5, 5.41) is 11.3. The molecule has 8 N–H and O–H groups in total. The van der Waals surface area contributed by atoms with Crippen molar-refractivity contribution in [3.8, 4) is 0 Å². The van der Waals surface area contributed by atoms with Crippen LogP contribution in [0.1, 0.15) is 0 Å². The standard InChI is InChI=1S/C26H20N4/c27-13-1-5-17-21(9-13)22-10-14(28)3-7-19(22)26-20-8-4-16(30)12-24(20)23-11-15(29)2-6-18(23)25(17)26/h1-12H,27-30H2. The highest BCUT2D eigenvalue weighted by atomic mass is 14.6. The number of anilines is 4. The Morgan fingerprint density at radius 2 is 0.533 bits per heavy atom. The fraction of sp³-hybridized carbons (Fsp3) is 0. The van der Waals surface area contributed by atoms with Gasteiger partial charge in [-0.15, -0.1) is 0 Å². The normalized spacial score (nSPS) is 11.9. The third kappa shape index (κ3) is 2.16. The minimum absolute atomic E-state index is 0.729. The number of nitrogen functional groups attached to an aromatic ring is 4. The molecule has 0 heterocycles. The lowest BCUT2D eigenvalue weighted by Gasteiger charge is -2.17. The van der Waals surface area contributed by atoms with Crippen LogP contribution in [0.2, 0.25) is 0 Å². The molecule has 0 spiro atoms. The van der Waals surface area contributed by atoms with Gasteiger partial charge >= 0.3 is 0 Å². The van der Waals surface area contributed by atoms with Gasteiger partial charge in [0.25, 0.3) is 0 Å². The molecule has 0 saturated heterocycles. The van der Waals surface area contributed by atoms with Crippen molar-refractivity contribution >= 4 is 76.6 Å². The number of hydrogen-bond acceptors (Lipinski definition) is 4. The summed E-state index contributed by atoms with van der Waals surface area (Å²) in [6, 6.07) is 24.4. The van der Waals surface area contributed by atoms with Gasteiger partial charge in [-0.1, -0.05) is 24.3 Å². The van der Waals surface area contributed by atoms with Crippen molar-refractivity contribution in [1.82, 2.24) is 0 Å². The maximum absolute atomic E-state index is 6.18. The summed E-state index contributed by atoms with van der Waals surface area (Å²) in [5.74, 6) is 0. The molecule has 0 amide bonds. The lowest BCUT2D eigenvalue weighted by atomic mass is 9.86. The Hall–Kier alpha value is -4.18. The largest absolute Gasteiger partial charge is 0.399 e. The van der Waals surface area contributed by atoms with Crippen molar-refractivity contribution in [3.63, 3.8) is 0 Å². The predicted octanol–water partition coefficient (Wildman–Crippen LogP) is 5.78. The van der Waals surface area contributed by atoms with E-state index in [9.17, 15) is 0 Å². The Balaban J connectivity index is 2.08. The molecule has 0 radical (unpaired) electrons. The van der Waals surface area contributed by atoms with Gasteiger partial charge in [0.05, 0.1) is 0 Å². The average Bonchev–Trinajstić information content (AvgIpc) is 2.73. The Bertz CT molecular complexity index is 1430. The van der Waals surface area contributed by atoms with Gasteiger partial charge in [-0.05, 0) is 102 Å². The van der Waals surface area contributed by atoms with Crippen LogP contribution in [0.4, 0.5) is 22.7 Å². The number of rotatable bonds is 0. The number of nitrogens with two attached hydrogens (primary N) is 4. The van der Waals surface area contributed by atoms with Crippen molar-refractivity contribution in [3.05, 3.63) is 72.8 Å². The quantitative estimate of drug-likeness (QED) is 0.195. The van der Waals surface area contributed by atoms with Crippen LogP contribution in [0, 0.1) is 0 Å². The SMILES string of the molecule is Nc1ccc2c(c1)c1cc(N)ccc1c1c3ccc(N)cc3c3cc(N)ccc3c21.